The molecule has 3 aliphatic heterocycles. The molecule has 160 valence electrons. The second kappa shape index (κ2) is 7.51. The third kappa shape index (κ3) is 3.84. The summed E-state index contributed by atoms with van der Waals surface area (Å²) in [5.41, 5.74) is 0. The van der Waals surface area contributed by atoms with Crippen LogP contribution in [-0.2, 0) is 27.9 Å². The van der Waals surface area contributed by atoms with Gasteiger partial charge in [0.25, 0.3) is 0 Å². The van der Waals surface area contributed by atoms with Gasteiger partial charge in [0.2, 0.25) is 0 Å². The number of rotatable bonds is 2. The molecular weight excluding hydrogens is 376 g/mol. The lowest BCUT2D eigenvalue weighted by molar-refractivity contribution is -0.252. The maximum absolute atomic E-state index is 11.4. The summed E-state index contributed by atoms with van der Waals surface area (Å²) in [4.78, 5) is 11.4. The van der Waals surface area contributed by atoms with Crippen LogP contribution in [-0.4, -0.2) is 57.8 Å². The van der Waals surface area contributed by atoms with Crippen LogP contribution < -0.4 is 0 Å². The number of carbonyl (C=O) groups is 1. The minimum atomic E-state index is -2.54. The lowest BCUT2D eigenvalue weighted by atomic mass is 9.90. The molecule has 3 heterocycles. The predicted molar refractivity (Wildman–Crippen MR) is 108 cm³/mol. The molecule has 3 rings (SSSR count). The molecule has 0 aliphatic carbocycles. The number of hydrogen-bond donors (Lipinski definition) is 0. The Morgan fingerprint density at radius 2 is 1.61 bits per heavy atom. The first-order chi connectivity index (χ1) is 12.9. The molecule has 28 heavy (non-hydrogen) atoms. The Morgan fingerprint density at radius 1 is 1.00 bits per heavy atom. The van der Waals surface area contributed by atoms with Crippen molar-refractivity contribution < 1.29 is 27.9 Å². The molecule has 0 aromatic heterocycles. The van der Waals surface area contributed by atoms with Crippen molar-refractivity contribution in [1.29, 1.82) is 0 Å². The van der Waals surface area contributed by atoms with Gasteiger partial charge in [0.05, 0.1) is 24.9 Å². The van der Waals surface area contributed by atoms with Gasteiger partial charge in [-0.1, -0.05) is 47.6 Å². The summed E-state index contributed by atoms with van der Waals surface area (Å²) < 4.78 is 31.3. The Morgan fingerprint density at radius 3 is 2.14 bits per heavy atom. The van der Waals surface area contributed by atoms with Gasteiger partial charge in [-0.05, 0) is 0 Å². The summed E-state index contributed by atoms with van der Waals surface area (Å²) >= 11 is 0. The number of hydrogen-bond acceptors (Lipinski definition) is 6. The van der Waals surface area contributed by atoms with Gasteiger partial charge in [-0.2, -0.15) is 0 Å². The zero-order valence-electron chi connectivity index (χ0n) is 18.3. The van der Waals surface area contributed by atoms with Crippen LogP contribution in [0.4, 0.5) is 0 Å². The lowest BCUT2D eigenvalue weighted by Gasteiger charge is -2.57. The topological polar surface area (TPSA) is 63.2 Å². The van der Waals surface area contributed by atoms with Crippen molar-refractivity contribution in [2.24, 2.45) is 0 Å². The maximum Gasteiger partial charge on any atom is 0.349 e. The summed E-state index contributed by atoms with van der Waals surface area (Å²) in [6, 6.07) is 0. The Bertz CT molecular complexity index is 593. The molecule has 3 saturated heterocycles. The molecule has 7 heteroatoms. The molecule has 0 unspecified atom stereocenters. The van der Waals surface area contributed by atoms with E-state index in [-0.39, 0.29) is 52.7 Å². The normalized spacial score (nSPS) is 38.1. The molecule has 0 amide bonds. The minimum absolute atomic E-state index is 0.0455. The van der Waals surface area contributed by atoms with Crippen LogP contribution in [0.3, 0.4) is 0 Å². The molecule has 0 spiro atoms. The first-order valence-corrected chi connectivity index (χ1v) is 12.1. The number of ether oxygens (including phenoxy) is 3. The highest BCUT2D eigenvalue weighted by Gasteiger charge is 2.63. The van der Waals surface area contributed by atoms with Crippen LogP contribution in [0, 0.1) is 0 Å². The molecule has 0 radical (unpaired) electrons. The van der Waals surface area contributed by atoms with E-state index in [4.69, 9.17) is 23.1 Å². The summed E-state index contributed by atoms with van der Waals surface area (Å²) in [5, 5.41) is -0.130. The monoisotopic (exact) mass is 412 g/mol. The van der Waals surface area contributed by atoms with Crippen LogP contribution in [0.5, 0.6) is 0 Å². The third-order valence-electron chi connectivity index (χ3n) is 6.10. The summed E-state index contributed by atoms with van der Waals surface area (Å²) in [6.45, 7) is 19.1. The van der Waals surface area contributed by atoms with E-state index in [1.165, 1.54) is 6.92 Å². The van der Waals surface area contributed by atoms with E-state index in [0.29, 0.717) is 13.0 Å². The maximum atomic E-state index is 11.4. The van der Waals surface area contributed by atoms with E-state index in [2.05, 4.69) is 48.1 Å². The van der Waals surface area contributed by atoms with Crippen LogP contribution >= 0.6 is 0 Å². The predicted octanol–water partition coefficient (Wildman–Crippen LogP) is 3.88. The van der Waals surface area contributed by atoms with Crippen molar-refractivity contribution in [3.05, 3.63) is 12.7 Å². The fourth-order valence-electron chi connectivity index (χ4n) is 5.10. The molecule has 0 saturated carbocycles. The fraction of sp³-hybridized carbons (Fsp3) is 0.857. The van der Waals surface area contributed by atoms with E-state index in [1.54, 1.807) is 6.08 Å². The van der Waals surface area contributed by atoms with Crippen molar-refractivity contribution in [3.8, 4) is 0 Å². The Balaban J connectivity index is 1.78. The third-order valence-corrected chi connectivity index (χ3v) is 11.3. The van der Waals surface area contributed by atoms with Gasteiger partial charge in [0.15, 0.2) is 0 Å². The van der Waals surface area contributed by atoms with E-state index < -0.39 is 8.56 Å². The van der Waals surface area contributed by atoms with Gasteiger partial charge in [-0.15, -0.1) is 6.58 Å². The average Bonchev–Trinajstić information content (AvgIpc) is 2.56. The van der Waals surface area contributed by atoms with Crippen LogP contribution in [0.15, 0.2) is 12.7 Å². The second-order valence-electron chi connectivity index (χ2n) is 10.3. The minimum Gasteiger partial charge on any atom is -0.459 e. The van der Waals surface area contributed by atoms with Crippen molar-refractivity contribution in [2.75, 3.05) is 6.61 Å². The van der Waals surface area contributed by atoms with E-state index in [0.717, 1.165) is 6.42 Å². The van der Waals surface area contributed by atoms with Crippen LogP contribution in [0.1, 0.15) is 61.3 Å². The van der Waals surface area contributed by atoms with Crippen molar-refractivity contribution in [3.63, 3.8) is 0 Å². The first kappa shape index (κ1) is 22.0. The molecule has 0 bridgehead atoms. The summed E-state index contributed by atoms with van der Waals surface area (Å²) in [5.74, 6) is -0.317. The van der Waals surface area contributed by atoms with Gasteiger partial charge in [-0.25, -0.2) is 0 Å². The molecule has 6 nitrogen and oxygen atoms in total. The van der Waals surface area contributed by atoms with Crippen molar-refractivity contribution in [2.45, 2.75) is 108 Å². The molecule has 3 aliphatic rings. The molecule has 3 fully saturated rings. The molecule has 0 aromatic rings. The van der Waals surface area contributed by atoms with Crippen molar-refractivity contribution in [1.82, 2.24) is 0 Å². The van der Waals surface area contributed by atoms with Gasteiger partial charge in [-0.3, -0.25) is 4.79 Å². The van der Waals surface area contributed by atoms with Crippen molar-refractivity contribution >= 4 is 14.5 Å². The quantitative estimate of drug-likeness (QED) is 0.390. The Hall–Kier alpha value is -0.733. The SMILES string of the molecule is C=C[C@@H]1O[C@@H]2C[C@@H]3O[Si](C(C)(C)C)(C(C)(C)C)OC[C@H]3O[C@H]2C[C@@H]1OC(C)=O. The summed E-state index contributed by atoms with van der Waals surface area (Å²) in [6.07, 6.45) is 2.00. The average molecular weight is 413 g/mol. The molecule has 0 aromatic carbocycles. The van der Waals surface area contributed by atoms with Crippen LogP contribution in [0.2, 0.25) is 10.1 Å². The highest BCUT2D eigenvalue weighted by molar-refractivity contribution is 6.73. The molecular formula is C21H36O6Si. The molecule has 0 N–H and O–H groups in total. The van der Waals surface area contributed by atoms with Gasteiger partial charge < -0.3 is 23.1 Å². The zero-order valence-corrected chi connectivity index (χ0v) is 19.3. The standard InChI is InChI=1S/C21H36O6Si/c1-9-14-15(24-13(2)22)10-16-17(25-14)11-18-19(26-16)12-23-28(27-18,20(3,4)5)21(6,7)8/h9,14-19H,1,10-12H2,2-8H3/t14-,15-,16-,17+,18-,19+/m0/s1. The first-order valence-electron chi connectivity index (χ1n) is 10.3. The summed E-state index contributed by atoms with van der Waals surface area (Å²) in [7, 11) is -2.54. The number of carbonyl (C=O) groups excluding carboxylic acids is 1. The fourth-order valence-corrected chi connectivity index (χ4v) is 10.1. The lowest BCUT2D eigenvalue weighted by Crippen LogP contribution is -2.68. The Labute approximate surface area is 170 Å². The van der Waals surface area contributed by atoms with Gasteiger partial charge in [0, 0.05) is 29.8 Å². The number of esters is 1. The Kier molecular flexibility index (Phi) is 5.89. The second-order valence-corrected chi connectivity index (χ2v) is 15.0. The highest BCUT2D eigenvalue weighted by Crippen LogP contribution is 2.55. The van der Waals surface area contributed by atoms with E-state index in [1.807, 2.05) is 0 Å². The number of fused-ring (bicyclic) bond motifs is 2. The van der Waals surface area contributed by atoms with E-state index in [9.17, 15) is 4.79 Å². The van der Waals surface area contributed by atoms with Crippen LogP contribution in [0.25, 0.3) is 0 Å². The van der Waals surface area contributed by atoms with Gasteiger partial charge >= 0.3 is 14.5 Å². The zero-order chi connectivity index (χ0) is 20.9. The van der Waals surface area contributed by atoms with E-state index >= 15 is 0 Å². The molecule has 6 atom stereocenters. The highest BCUT2D eigenvalue weighted by atomic mass is 28.4. The smallest absolute Gasteiger partial charge is 0.349 e. The van der Waals surface area contributed by atoms with Gasteiger partial charge in [0.1, 0.15) is 18.3 Å². The largest absolute Gasteiger partial charge is 0.459 e.